The summed E-state index contributed by atoms with van der Waals surface area (Å²) in [5, 5.41) is 4.12. The van der Waals surface area contributed by atoms with Gasteiger partial charge in [-0.3, -0.25) is 9.59 Å². The molecule has 2 bridgehead atoms. The smallest absolute Gasteiger partial charge is 0.425 e. The number of carbonyl (C=O) groups excluding carboxylic acids is 4. The number of carbonyl (C=O) groups is 4. The average molecular weight is 767 g/mol. The number of imidazole rings is 2. The van der Waals surface area contributed by atoms with Crippen molar-refractivity contribution in [3.63, 3.8) is 0 Å². The Morgan fingerprint density at radius 2 is 1.46 bits per heavy atom. The number of hydrogen-bond donors (Lipinski definition) is 4. The summed E-state index contributed by atoms with van der Waals surface area (Å²) in [6.07, 6.45) is 10.4. The number of hydrogen-bond acceptors (Lipinski definition) is 8. The van der Waals surface area contributed by atoms with Crippen molar-refractivity contribution in [2.75, 3.05) is 20.8 Å². The standard InChI is InChI=1S/C29H32N6O3.C13H22N2O3/c1-18(2)26(34-29(37)38-3)28(36)35-14-4-5-25(35)27-31-16-24(33-27)22-12-8-20(9-13-22)19-6-10-21(11-7-19)23-15-30-17-32-23;1-8(2)15(14-13(17)18-3)12(16)11-7-9-4-5-10(11)6-9/h6-13,15-18,25-26H,4-5,14H2,1-3H3,(H,30,32)(H,31,33)(H,34,37);8-11H,4-7H2,1-3H3,(H,14,17). The van der Waals surface area contributed by atoms with Crippen molar-refractivity contribution in [3.05, 3.63) is 73.1 Å². The van der Waals surface area contributed by atoms with Crippen LogP contribution in [-0.4, -0.2) is 86.7 Å². The fourth-order valence-corrected chi connectivity index (χ4v) is 8.25. The number of alkyl carbamates (subject to hydrolysis) is 1. The second kappa shape index (κ2) is 17.9. The largest absolute Gasteiger partial charge is 0.453 e. The van der Waals surface area contributed by atoms with E-state index in [4.69, 9.17) is 4.74 Å². The van der Waals surface area contributed by atoms with Crippen molar-refractivity contribution in [1.82, 2.24) is 40.6 Å². The van der Waals surface area contributed by atoms with Crippen LogP contribution in [0.2, 0.25) is 0 Å². The molecule has 2 saturated carbocycles. The number of benzene rings is 2. The van der Waals surface area contributed by atoms with Gasteiger partial charge in [0, 0.05) is 18.5 Å². The molecule has 7 rings (SSSR count). The number of amides is 4. The Bertz CT molecular complexity index is 1940. The van der Waals surface area contributed by atoms with Gasteiger partial charge in [-0.2, -0.15) is 0 Å². The number of H-pyrrole nitrogens is 2. The molecule has 3 fully saturated rings. The molecule has 14 nitrogen and oxygen atoms in total. The highest BCUT2D eigenvalue weighted by Gasteiger charge is 2.45. The Kier molecular flexibility index (Phi) is 12.8. The van der Waals surface area contributed by atoms with Gasteiger partial charge in [0.2, 0.25) is 11.8 Å². The summed E-state index contributed by atoms with van der Waals surface area (Å²) in [4.78, 5) is 66.0. The number of hydrazine groups is 1. The summed E-state index contributed by atoms with van der Waals surface area (Å²) in [6, 6.07) is 15.8. The molecule has 4 N–H and O–H groups in total. The van der Waals surface area contributed by atoms with E-state index in [0.717, 1.165) is 71.1 Å². The Hall–Kier alpha value is -5.66. The molecule has 4 amide bonds. The van der Waals surface area contributed by atoms with Crippen LogP contribution in [0, 0.1) is 23.7 Å². The molecule has 1 aliphatic heterocycles. The van der Waals surface area contributed by atoms with Crippen molar-refractivity contribution in [1.29, 1.82) is 0 Å². The molecule has 5 atom stereocenters. The van der Waals surface area contributed by atoms with E-state index in [1.165, 1.54) is 32.1 Å². The lowest BCUT2D eigenvalue weighted by Gasteiger charge is -2.31. The monoisotopic (exact) mass is 766 g/mol. The van der Waals surface area contributed by atoms with E-state index >= 15 is 0 Å². The number of ether oxygens (including phenoxy) is 2. The molecular formula is C42H54N8O6. The van der Waals surface area contributed by atoms with Gasteiger partial charge in [0.15, 0.2) is 0 Å². The summed E-state index contributed by atoms with van der Waals surface area (Å²) in [6.45, 7) is 8.22. The summed E-state index contributed by atoms with van der Waals surface area (Å²) in [7, 11) is 2.60. The summed E-state index contributed by atoms with van der Waals surface area (Å²) >= 11 is 0. The van der Waals surface area contributed by atoms with Crippen LogP contribution in [0.4, 0.5) is 9.59 Å². The number of rotatable bonds is 9. The fourth-order valence-electron chi connectivity index (χ4n) is 8.25. The van der Waals surface area contributed by atoms with Gasteiger partial charge in [-0.15, -0.1) is 0 Å². The molecule has 14 heteroatoms. The topological polar surface area (TPSA) is 175 Å². The summed E-state index contributed by atoms with van der Waals surface area (Å²) in [5.74, 6) is 1.93. The normalized spacial score (nSPS) is 20.3. The van der Waals surface area contributed by atoms with Gasteiger partial charge in [0.25, 0.3) is 0 Å². The van der Waals surface area contributed by atoms with E-state index in [0.29, 0.717) is 12.5 Å². The molecule has 3 aliphatic rings. The quantitative estimate of drug-likeness (QED) is 0.130. The third-order valence-corrected chi connectivity index (χ3v) is 11.3. The average Bonchev–Trinajstić information content (AvgIpc) is 4.07. The second-order valence-electron chi connectivity index (χ2n) is 15.5. The minimum atomic E-state index is -0.654. The molecule has 4 aromatic rings. The first kappa shape index (κ1) is 40.0. The van der Waals surface area contributed by atoms with Gasteiger partial charge in [-0.05, 0) is 86.0 Å². The Morgan fingerprint density at radius 3 is 2.00 bits per heavy atom. The van der Waals surface area contributed by atoms with Crippen LogP contribution in [0.3, 0.4) is 0 Å². The zero-order valence-corrected chi connectivity index (χ0v) is 33.1. The molecule has 0 spiro atoms. The SMILES string of the molecule is COC(=O)NC(C(=O)N1CCCC1c1ncc(-c2ccc(-c3ccc(-c4cnc[nH]4)cc3)cc2)[nH]1)C(C)C.COC(=O)NN(C(=O)C1CC2CCC1C2)C(C)C. The van der Waals surface area contributed by atoms with E-state index < -0.39 is 18.2 Å². The van der Waals surface area contributed by atoms with Crippen LogP contribution >= 0.6 is 0 Å². The number of fused-ring (bicyclic) bond motifs is 2. The maximum atomic E-state index is 13.4. The van der Waals surface area contributed by atoms with E-state index in [1.54, 1.807) is 6.33 Å². The molecule has 5 unspecified atom stereocenters. The molecule has 2 aromatic carbocycles. The minimum Gasteiger partial charge on any atom is -0.453 e. The number of aromatic amines is 2. The van der Waals surface area contributed by atoms with E-state index in [-0.39, 0.29) is 35.7 Å². The zero-order chi connectivity index (χ0) is 39.9. The lowest BCUT2D eigenvalue weighted by Crippen LogP contribution is -2.52. The van der Waals surface area contributed by atoms with Crippen LogP contribution < -0.4 is 10.7 Å². The van der Waals surface area contributed by atoms with Gasteiger partial charge in [0.1, 0.15) is 11.9 Å². The maximum absolute atomic E-state index is 13.4. The lowest BCUT2D eigenvalue weighted by atomic mass is 9.88. The third-order valence-electron chi connectivity index (χ3n) is 11.3. The predicted molar refractivity (Wildman–Crippen MR) is 211 cm³/mol. The lowest BCUT2D eigenvalue weighted by molar-refractivity contribution is -0.142. The highest BCUT2D eigenvalue weighted by Crippen LogP contribution is 2.49. The van der Waals surface area contributed by atoms with E-state index in [2.05, 4.69) is 83.9 Å². The number of aromatic nitrogens is 4. The van der Waals surface area contributed by atoms with Crippen molar-refractivity contribution in [3.8, 4) is 33.6 Å². The minimum absolute atomic E-state index is 0.0441. The molecule has 298 valence electrons. The molecule has 0 radical (unpaired) electrons. The first-order valence-corrected chi connectivity index (χ1v) is 19.5. The van der Waals surface area contributed by atoms with Gasteiger partial charge in [0.05, 0.1) is 50.4 Å². The van der Waals surface area contributed by atoms with Crippen molar-refractivity contribution >= 4 is 24.0 Å². The number of methoxy groups -OCH3 is 2. The van der Waals surface area contributed by atoms with Crippen LogP contribution in [0.1, 0.15) is 78.1 Å². The van der Waals surface area contributed by atoms with Crippen molar-refractivity contribution < 1.29 is 28.7 Å². The van der Waals surface area contributed by atoms with E-state index in [1.807, 2.05) is 45.0 Å². The molecule has 1 saturated heterocycles. The predicted octanol–water partition coefficient (Wildman–Crippen LogP) is 7.11. The highest BCUT2D eigenvalue weighted by molar-refractivity contribution is 5.86. The van der Waals surface area contributed by atoms with Crippen LogP contribution in [0.15, 0.2) is 67.3 Å². The molecule has 56 heavy (non-hydrogen) atoms. The zero-order valence-electron chi connectivity index (χ0n) is 33.1. The molecule has 3 heterocycles. The summed E-state index contributed by atoms with van der Waals surface area (Å²) in [5.41, 5.74) is 8.77. The number of nitrogens with zero attached hydrogens (tertiary/aromatic N) is 4. The second-order valence-corrected chi connectivity index (χ2v) is 15.5. The number of likely N-dealkylation sites (tertiary alicyclic amines) is 1. The van der Waals surface area contributed by atoms with Crippen molar-refractivity contribution in [2.24, 2.45) is 23.7 Å². The van der Waals surface area contributed by atoms with Crippen LogP contribution in [0.25, 0.3) is 33.6 Å². The highest BCUT2D eigenvalue weighted by atomic mass is 16.5. The molecule has 2 aromatic heterocycles. The van der Waals surface area contributed by atoms with Crippen LogP contribution in [-0.2, 0) is 19.1 Å². The first-order chi connectivity index (χ1) is 27.0. The Morgan fingerprint density at radius 1 is 0.821 bits per heavy atom. The van der Waals surface area contributed by atoms with Gasteiger partial charge in [-0.1, -0.05) is 68.8 Å². The van der Waals surface area contributed by atoms with Gasteiger partial charge >= 0.3 is 12.2 Å². The first-order valence-electron chi connectivity index (χ1n) is 19.5. The third kappa shape index (κ3) is 9.06. The number of nitrogens with one attached hydrogen (secondary N) is 4. The van der Waals surface area contributed by atoms with Gasteiger partial charge in [-0.25, -0.2) is 30.0 Å². The van der Waals surface area contributed by atoms with Crippen LogP contribution in [0.5, 0.6) is 0 Å². The Labute approximate surface area is 328 Å². The van der Waals surface area contributed by atoms with E-state index in [9.17, 15) is 19.2 Å². The summed E-state index contributed by atoms with van der Waals surface area (Å²) < 4.78 is 9.28. The maximum Gasteiger partial charge on any atom is 0.425 e. The van der Waals surface area contributed by atoms with Crippen molar-refractivity contribution in [2.45, 2.75) is 84.3 Å². The molecule has 2 aliphatic carbocycles. The van der Waals surface area contributed by atoms with Gasteiger partial charge < -0.3 is 29.7 Å². The Balaban J connectivity index is 0.000000247. The fraction of sp³-hybridized carbons (Fsp3) is 0.476. The molecular weight excluding hydrogens is 713 g/mol.